The van der Waals surface area contributed by atoms with Crippen LogP contribution in [-0.4, -0.2) is 63.2 Å². The fourth-order valence-corrected chi connectivity index (χ4v) is 4.58. The van der Waals surface area contributed by atoms with Crippen LogP contribution in [0.5, 0.6) is 0 Å². The predicted molar refractivity (Wildman–Crippen MR) is 131 cm³/mol. The van der Waals surface area contributed by atoms with E-state index in [1.807, 2.05) is 57.2 Å². The van der Waals surface area contributed by atoms with Crippen molar-refractivity contribution in [1.82, 2.24) is 15.1 Å². The van der Waals surface area contributed by atoms with Gasteiger partial charge in [0.15, 0.2) is 0 Å². The Morgan fingerprint density at radius 1 is 1.03 bits per heavy atom. The topological polar surface area (TPSA) is 38.8 Å². The number of rotatable bonds is 5. The number of hydrogen-bond donors (Lipinski definition) is 1. The summed E-state index contributed by atoms with van der Waals surface area (Å²) < 4.78 is 0. The van der Waals surface area contributed by atoms with Crippen LogP contribution < -0.4 is 10.2 Å². The van der Waals surface area contributed by atoms with E-state index >= 15 is 0 Å². The number of anilines is 1. The van der Waals surface area contributed by atoms with Gasteiger partial charge in [-0.1, -0.05) is 47.5 Å². The standard InChI is InChI=1S/C24H32Cl2N4O/c1-16(27-24(31)30(5)19-12-14-29(4)15-13-19)20-10-11-21(23(26)22(20)25)17-6-8-18(9-7-17)28(2)3/h6-11,16,19H,12-15H2,1-5H3,(H,27,31). The minimum absolute atomic E-state index is 0.0856. The zero-order chi connectivity index (χ0) is 22.7. The van der Waals surface area contributed by atoms with E-state index in [9.17, 15) is 4.79 Å². The second kappa shape index (κ2) is 10.1. The highest BCUT2D eigenvalue weighted by molar-refractivity contribution is 6.44. The van der Waals surface area contributed by atoms with Gasteiger partial charge in [-0.05, 0) is 63.2 Å². The molecule has 1 aliphatic rings. The Kier molecular flexibility index (Phi) is 7.73. The molecule has 2 amide bonds. The van der Waals surface area contributed by atoms with Crippen molar-refractivity contribution in [2.45, 2.75) is 31.8 Å². The number of carbonyl (C=O) groups is 1. The van der Waals surface area contributed by atoms with E-state index in [1.54, 1.807) is 0 Å². The molecule has 7 heteroatoms. The highest BCUT2D eigenvalue weighted by Gasteiger charge is 2.25. The third-order valence-corrected chi connectivity index (χ3v) is 7.07. The summed E-state index contributed by atoms with van der Waals surface area (Å²) in [5, 5.41) is 4.06. The lowest BCUT2D eigenvalue weighted by atomic mass is 10.0. The van der Waals surface area contributed by atoms with Crippen LogP contribution in [0.1, 0.15) is 31.4 Å². The first-order chi connectivity index (χ1) is 14.7. The summed E-state index contributed by atoms with van der Waals surface area (Å²) in [4.78, 5) is 19.0. The molecule has 0 saturated carbocycles. The van der Waals surface area contributed by atoms with E-state index in [2.05, 4.69) is 34.3 Å². The molecule has 1 heterocycles. The molecule has 1 N–H and O–H groups in total. The van der Waals surface area contributed by atoms with Gasteiger partial charge in [-0.25, -0.2) is 4.79 Å². The molecule has 0 aliphatic carbocycles. The second-order valence-electron chi connectivity index (χ2n) is 8.59. The van der Waals surface area contributed by atoms with Crippen LogP contribution >= 0.6 is 23.2 Å². The lowest BCUT2D eigenvalue weighted by molar-refractivity contribution is 0.146. The average molecular weight is 463 g/mol. The molecule has 2 aromatic rings. The number of benzene rings is 2. The summed E-state index contributed by atoms with van der Waals surface area (Å²) in [5.74, 6) is 0. The fraction of sp³-hybridized carbons (Fsp3) is 0.458. The van der Waals surface area contributed by atoms with E-state index in [1.165, 1.54) is 0 Å². The van der Waals surface area contributed by atoms with Gasteiger partial charge in [0.1, 0.15) is 0 Å². The maximum Gasteiger partial charge on any atom is 0.317 e. The highest BCUT2D eigenvalue weighted by atomic mass is 35.5. The molecule has 2 aromatic carbocycles. The molecule has 1 saturated heterocycles. The van der Waals surface area contributed by atoms with Crippen LogP contribution in [0.4, 0.5) is 10.5 Å². The Bertz CT molecular complexity index is 909. The van der Waals surface area contributed by atoms with E-state index in [-0.39, 0.29) is 18.1 Å². The summed E-state index contributed by atoms with van der Waals surface area (Å²) in [5.41, 5.74) is 3.81. The van der Waals surface area contributed by atoms with Gasteiger partial charge in [-0.2, -0.15) is 0 Å². The average Bonchev–Trinajstić information content (AvgIpc) is 2.75. The second-order valence-corrected chi connectivity index (χ2v) is 9.34. The van der Waals surface area contributed by atoms with Gasteiger partial charge in [0.05, 0.1) is 16.1 Å². The molecule has 0 spiro atoms. The lowest BCUT2D eigenvalue weighted by Crippen LogP contribution is -2.48. The minimum atomic E-state index is -0.253. The van der Waals surface area contributed by atoms with Crippen LogP contribution in [0.25, 0.3) is 11.1 Å². The SMILES string of the molecule is CC(NC(=O)N(C)C1CCN(C)CC1)c1ccc(-c2ccc(N(C)C)cc2)c(Cl)c1Cl. The van der Waals surface area contributed by atoms with Crippen molar-refractivity contribution >= 4 is 34.9 Å². The zero-order valence-electron chi connectivity index (χ0n) is 19.0. The van der Waals surface area contributed by atoms with Crippen LogP contribution in [0.15, 0.2) is 36.4 Å². The number of nitrogens with one attached hydrogen (secondary N) is 1. The van der Waals surface area contributed by atoms with Crippen molar-refractivity contribution in [2.75, 3.05) is 46.2 Å². The van der Waals surface area contributed by atoms with Gasteiger partial charge in [-0.3, -0.25) is 0 Å². The van der Waals surface area contributed by atoms with Crippen molar-refractivity contribution in [3.63, 3.8) is 0 Å². The molecule has 0 aromatic heterocycles. The molecule has 31 heavy (non-hydrogen) atoms. The number of piperidine rings is 1. The quantitative estimate of drug-likeness (QED) is 0.635. The summed E-state index contributed by atoms with van der Waals surface area (Å²) in [7, 11) is 8.00. The lowest BCUT2D eigenvalue weighted by Gasteiger charge is -2.35. The molecule has 168 valence electrons. The Hall–Kier alpha value is -1.95. The first kappa shape index (κ1) is 23.7. The first-order valence-corrected chi connectivity index (χ1v) is 11.4. The smallest absolute Gasteiger partial charge is 0.317 e. The van der Waals surface area contributed by atoms with Crippen LogP contribution in [0.2, 0.25) is 10.0 Å². The van der Waals surface area contributed by atoms with E-state index in [0.29, 0.717) is 10.0 Å². The maximum atomic E-state index is 12.8. The molecule has 0 bridgehead atoms. The summed E-state index contributed by atoms with van der Waals surface area (Å²) >= 11 is 13.3. The zero-order valence-corrected chi connectivity index (χ0v) is 20.5. The number of urea groups is 1. The van der Waals surface area contributed by atoms with Crippen LogP contribution in [-0.2, 0) is 0 Å². The van der Waals surface area contributed by atoms with E-state index in [4.69, 9.17) is 23.2 Å². The van der Waals surface area contributed by atoms with Crippen LogP contribution in [0.3, 0.4) is 0 Å². The van der Waals surface area contributed by atoms with Crippen molar-refractivity contribution < 1.29 is 4.79 Å². The third kappa shape index (κ3) is 5.46. The third-order valence-electron chi connectivity index (χ3n) is 6.17. The van der Waals surface area contributed by atoms with Crippen molar-refractivity contribution in [1.29, 1.82) is 0 Å². The molecule has 1 atom stereocenters. The largest absolute Gasteiger partial charge is 0.378 e. The summed E-state index contributed by atoms with van der Waals surface area (Å²) in [6.07, 6.45) is 1.98. The molecule has 1 aliphatic heterocycles. The molecule has 5 nitrogen and oxygen atoms in total. The number of hydrogen-bond acceptors (Lipinski definition) is 3. The van der Waals surface area contributed by atoms with Crippen LogP contribution in [0, 0.1) is 0 Å². The number of likely N-dealkylation sites (tertiary alicyclic amines) is 1. The number of amides is 2. The van der Waals surface area contributed by atoms with Crippen molar-refractivity contribution in [3.8, 4) is 11.1 Å². The van der Waals surface area contributed by atoms with Gasteiger partial charge in [-0.15, -0.1) is 0 Å². The Morgan fingerprint density at radius 2 is 1.65 bits per heavy atom. The Balaban J connectivity index is 1.72. The van der Waals surface area contributed by atoms with Gasteiger partial charge in [0, 0.05) is 38.4 Å². The Morgan fingerprint density at radius 3 is 2.23 bits per heavy atom. The monoisotopic (exact) mass is 462 g/mol. The Labute approximate surface area is 195 Å². The van der Waals surface area contributed by atoms with E-state index in [0.717, 1.165) is 48.3 Å². The van der Waals surface area contributed by atoms with E-state index < -0.39 is 0 Å². The molecule has 3 rings (SSSR count). The molecular formula is C24H32Cl2N4O. The normalized spacial score (nSPS) is 16.1. The number of carbonyl (C=O) groups excluding carboxylic acids is 1. The van der Waals surface area contributed by atoms with Gasteiger partial charge in [0.2, 0.25) is 0 Å². The molecule has 0 radical (unpaired) electrons. The summed E-state index contributed by atoms with van der Waals surface area (Å²) in [6.45, 7) is 3.95. The van der Waals surface area contributed by atoms with Gasteiger partial charge < -0.3 is 20.0 Å². The number of nitrogens with zero attached hydrogens (tertiary/aromatic N) is 3. The number of halogens is 2. The summed E-state index contributed by atoms with van der Waals surface area (Å²) in [6, 6.07) is 12.0. The van der Waals surface area contributed by atoms with Crippen molar-refractivity contribution in [3.05, 3.63) is 52.0 Å². The van der Waals surface area contributed by atoms with Gasteiger partial charge in [0.25, 0.3) is 0 Å². The highest BCUT2D eigenvalue weighted by Crippen LogP contribution is 2.38. The predicted octanol–water partition coefficient (Wildman–Crippen LogP) is 5.52. The van der Waals surface area contributed by atoms with Crippen molar-refractivity contribution in [2.24, 2.45) is 0 Å². The van der Waals surface area contributed by atoms with Gasteiger partial charge >= 0.3 is 6.03 Å². The molecule has 1 unspecified atom stereocenters. The first-order valence-electron chi connectivity index (χ1n) is 10.7. The fourth-order valence-electron chi connectivity index (χ4n) is 3.97. The maximum absolute atomic E-state index is 12.8. The molecule has 1 fully saturated rings. The minimum Gasteiger partial charge on any atom is -0.378 e. The molecular weight excluding hydrogens is 431 g/mol.